The summed E-state index contributed by atoms with van der Waals surface area (Å²) in [6.07, 6.45) is 22.7. The molecule has 2 bridgehead atoms. The van der Waals surface area contributed by atoms with Crippen LogP contribution in [0.4, 0.5) is 0 Å². The molecule has 3 fully saturated rings. The highest BCUT2D eigenvalue weighted by atomic mass is 79.9. The number of fused-ring (bicyclic) bond motifs is 3. The van der Waals surface area contributed by atoms with E-state index in [-0.39, 0.29) is 5.41 Å². The van der Waals surface area contributed by atoms with Gasteiger partial charge in [-0.15, -0.1) is 0 Å². The minimum Gasteiger partial charge on any atom is -0.327 e. The number of hydrogen-bond donors (Lipinski definition) is 0. The maximum absolute atomic E-state index is 5.84. The highest BCUT2D eigenvalue weighted by Crippen LogP contribution is 2.40. The molecule has 158 valence electrons. The van der Waals surface area contributed by atoms with Crippen molar-refractivity contribution in [2.75, 3.05) is 25.2 Å². The van der Waals surface area contributed by atoms with E-state index >= 15 is 0 Å². The van der Waals surface area contributed by atoms with Crippen molar-refractivity contribution in [1.82, 2.24) is 0 Å². The predicted molar refractivity (Wildman–Crippen MR) is 116 cm³/mol. The van der Waals surface area contributed by atoms with Gasteiger partial charge < -0.3 is 14.2 Å². The first-order chi connectivity index (χ1) is 13.2. The van der Waals surface area contributed by atoms with Gasteiger partial charge in [-0.25, -0.2) is 0 Å². The SMILES string of the molecule is CC12COC(CCCCCCC/C=C\CCCCCCCCBr)(OC1)OC2. The molecule has 0 saturated carbocycles. The normalized spacial score (nSPS) is 27.6. The van der Waals surface area contributed by atoms with Crippen LogP contribution in [0, 0.1) is 5.41 Å². The zero-order chi connectivity index (χ0) is 19.3. The van der Waals surface area contributed by atoms with Gasteiger partial charge in [0, 0.05) is 17.2 Å². The largest absolute Gasteiger partial charge is 0.327 e. The fourth-order valence-electron chi connectivity index (χ4n) is 3.75. The summed E-state index contributed by atoms with van der Waals surface area (Å²) in [6.45, 7) is 4.49. The first-order valence-corrected chi connectivity index (χ1v) is 12.4. The first kappa shape index (κ1) is 23.4. The Hall–Kier alpha value is 0.1000. The lowest BCUT2D eigenvalue weighted by Crippen LogP contribution is -2.58. The highest BCUT2D eigenvalue weighted by Gasteiger charge is 2.49. The molecule has 0 atom stereocenters. The number of unbranched alkanes of at least 4 members (excludes halogenated alkanes) is 11. The van der Waals surface area contributed by atoms with E-state index in [1.54, 1.807) is 0 Å². The molecule has 3 aliphatic heterocycles. The summed E-state index contributed by atoms with van der Waals surface area (Å²) in [5, 5.41) is 1.16. The van der Waals surface area contributed by atoms with Gasteiger partial charge in [-0.1, -0.05) is 80.0 Å². The van der Waals surface area contributed by atoms with Crippen molar-refractivity contribution in [3.63, 3.8) is 0 Å². The molecule has 0 aromatic heterocycles. The number of halogens is 1. The van der Waals surface area contributed by atoms with Crippen molar-refractivity contribution >= 4 is 15.9 Å². The van der Waals surface area contributed by atoms with E-state index in [0.29, 0.717) is 0 Å². The molecule has 3 nitrogen and oxygen atoms in total. The fourth-order valence-corrected chi connectivity index (χ4v) is 4.15. The number of ether oxygens (including phenoxy) is 3. The van der Waals surface area contributed by atoms with E-state index in [1.165, 1.54) is 77.0 Å². The zero-order valence-electron chi connectivity index (χ0n) is 17.5. The first-order valence-electron chi connectivity index (χ1n) is 11.3. The molecule has 0 aromatic rings. The minimum atomic E-state index is -0.714. The van der Waals surface area contributed by atoms with Crippen LogP contribution in [0.1, 0.15) is 96.8 Å². The average Bonchev–Trinajstić information content (AvgIpc) is 2.69. The Morgan fingerprint density at radius 3 is 1.63 bits per heavy atom. The fraction of sp³-hybridized carbons (Fsp3) is 0.913. The van der Waals surface area contributed by atoms with Gasteiger partial charge in [-0.3, -0.25) is 0 Å². The number of alkyl halides is 1. The molecule has 0 amide bonds. The molecule has 3 saturated heterocycles. The Morgan fingerprint density at radius 1 is 0.667 bits per heavy atom. The summed E-state index contributed by atoms with van der Waals surface area (Å²) in [7, 11) is 0. The standard InChI is InChI=1S/C23H41BrO3/c1-22-19-25-23(26-20-22,27-21-22)17-15-13-11-9-7-5-3-2-4-6-8-10-12-14-16-18-24/h2-3H,4-21H2,1H3/b3-2-. The van der Waals surface area contributed by atoms with Gasteiger partial charge in [0.15, 0.2) is 0 Å². The Kier molecular flexibility index (Phi) is 11.6. The summed E-state index contributed by atoms with van der Waals surface area (Å²) >= 11 is 3.49. The van der Waals surface area contributed by atoms with E-state index in [0.717, 1.165) is 38.0 Å². The molecule has 0 spiro atoms. The quantitative estimate of drug-likeness (QED) is 0.144. The third-order valence-electron chi connectivity index (χ3n) is 5.70. The molecule has 0 N–H and O–H groups in total. The van der Waals surface area contributed by atoms with Crippen LogP contribution in [0.5, 0.6) is 0 Å². The lowest BCUT2D eigenvalue weighted by molar-refractivity contribution is -0.467. The van der Waals surface area contributed by atoms with E-state index in [1.807, 2.05) is 0 Å². The topological polar surface area (TPSA) is 27.7 Å². The van der Waals surface area contributed by atoms with Crippen molar-refractivity contribution in [1.29, 1.82) is 0 Å². The Bertz CT molecular complexity index is 386. The molecule has 27 heavy (non-hydrogen) atoms. The second-order valence-electron chi connectivity index (χ2n) is 8.74. The number of allylic oxidation sites excluding steroid dienone is 2. The van der Waals surface area contributed by atoms with Gasteiger partial charge in [-0.2, -0.15) is 0 Å². The van der Waals surface area contributed by atoms with Crippen LogP contribution in [0.15, 0.2) is 12.2 Å². The van der Waals surface area contributed by atoms with Crippen LogP contribution in [-0.4, -0.2) is 31.1 Å². The van der Waals surface area contributed by atoms with Gasteiger partial charge in [0.2, 0.25) is 0 Å². The second-order valence-corrected chi connectivity index (χ2v) is 9.53. The molecule has 4 heteroatoms. The minimum absolute atomic E-state index is 0.0718. The third kappa shape index (κ3) is 9.43. The second kappa shape index (κ2) is 13.3. The van der Waals surface area contributed by atoms with Gasteiger partial charge in [0.05, 0.1) is 19.8 Å². The average molecular weight is 445 g/mol. The molecular formula is C23H41BrO3. The molecule has 0 aromatic carbocycles. The Balaban J connectivity index is 1.33. The van der Waals surface area contributed by atoms with Crippen LogP contribution in [0.3, 0.4) is 0 Å². The molecule has 0 aliphatic carbocycles. The monoisotopic (exact) mass is 444 g/mol. The van der Waals surface area contributed by atoms with Crippen molar-refractivity contribution in [3.05, 3.63) is 12.2 Å². The smallest absolute Gasteiger partial charge is 0.282 e. The van der Waals surface area contributed by atoms with Crippen molar-refractivity contribution in [3.8, 4) is 0 Å². The summed E-state index contributed by atoms with van der Waals surface area (Å²) in [5.41, 5.74) is 0.0718. The highest BCUT2D eigenvalue weighted by molar-refractivity contribution is 9.09. The van der Waals surface area contributed by atoms with Gasteiger partial charge in [0.25, 0.3) is 5.97 Å². The lowest BCUT2D eigenvalue weighted by Gasteiger charge is -2.50. The van der Waals surface area contributed by atoms with Crippen molar-refractivity contribution in [2.24, 2.45) is 5.41 Å². The molecule has 0 radical (unpaired) electrons. The summed E-state index contributed by atoms with van der Waals surface area (Å²) in [4.78, 5) is 0. The Morgan fingerprint density at radius 2 is 1.11 bits per heavy atom. The van der Waals surface area contributed by atoms with Crippen molar-refractivity contribution < 1.29 is 14.2 Å². The van der Waals surface area contributed by atoms with Crippen LogP contribution < -0.4 is 0 Å². The van der Waals surface area contributed by atoms with E-state index in [4.69, 9.17) is 14.2 Å². The summed E-state index contributed by atoms with van der Waals surface area (Å²) < 4.78 is 17.5. The zero-order valence-corrected chi connectivity index (χ0v) is 19.1. The molecule has 0 unspecified atom stereocenters. The molecular weight excluding hydrogens is 404 g/mol. The maximum Gasteiger partial charge on any atom is 0.282 e. The van der Waals surface area contributed by atoms with Crippen LogP contribution in [-0.2, 0) is 14.2 Å². The van der Waals surface area contributed by atoms with E-state index in [9.17, 15) is 0 Å². The number of hydrogen-bond acceptors (Lipinski definition) is 3. The van der Waals surface area contributed by atoms with E-state index < -0.39 is 5.97 Å². The van der Waals surface area contributed by atoms with Gasteiger partial charge in [0.1, 0.15) is 0 Å². The van der Waals surface area contributed by atoms with Crippen LogP contribution in [0.2, 0.25) is 0 Å². The molecule has 3 heterocycles. The summed E-state index contributed by atoms with van der Waals surface area (Å²) in [5.74, 6) is -0.714. The van der Waals surface area contributed by atoms with Crippen molar-refractivity contribution in [2.45, 2.75) is 103 Å². The Labute approximate surface area is 175 Å². The predicted octanol–water partition coefficient (Wildman–Crippen LogP) is 7.14. The number of rotatable bonds is 16. The summed E-state index contributed by atoms with van der Waals surface area (Å²) in [6, 6.07) is 0. The molecule has 3 rings (SSSR count). The maximum atomic E-state index is 5.84. The lowest BCUT2D eigenvalue weighted by atomic mass is 9.91. The molecule has 3 aliphatic rings. The van der Waals surface area contributed by atoms with Crippen LogP contribution >= 0.6 is 15.9 Å². The third-order valence-corrected chi connectivity index (χ3v) is 6.26. The van der Waals surface area contributed by atoms with Crippen LogP contribution in [0.25, 0.3) is 0 Å². The van der Waals surface area contributed by atoms with Gasteiger partial charge in [-0.05, 0) is 38.5 Å². The van der Waals surface area contributed by atoms with E-state index in [2.05, 4.69) is 35.0 Å². The van der Waals surface area contributed by atoms with Gasteiger partial charge >= 0.3 is 0 Å².